The predicted molar refractivity (Wildman–Crippen MR) is 109 cm³/mol. The zero-order chi connectivity index (χ0) is 18.9. The smallest absolute Gasteiger partial charge is 0.253 e. The van der Waals surface area contributed by atoms with Crippen molar-refractivity contribution < 1.29 is 9.53 Å². The van der Waals surface area contributed by atoms with Crippen LogP contribution >= 0.6 is 11.3 Å². The van der Waals surface area contributed by atoms with Crippen LogP contribution in [0.25, 0.3) is 6.08 Å². The number of nitrogens with one attached hydrogen (secondary N) is 1. The van der Waals surface area contributed by atoms with E-state index in [9.17, 15) is 4.79 Å². The van der Waals surface area contributed by atoms with Crippen LogP contribution in [-0.4, -0.2) is 22.7 Å². The van der Waals surface area contributed by atoms with Crippen LogP contribution in [0.1, 0.15) is 23.9 Å². The Labute approximate surface area is 162 Å². The van der Waals surface area contributed by atoms with Gasteiger partial charge in [-0.05, 0) is 37.1 Å². The molecule has 27 heavy (non-hydrogen) atoms. The van der Waals surface area contributed by atoms with Crippen LogP contribution in [0.15, 0.2) is 66.2 Å². The van der Waals surface area contributed by atoms with Crippen molar-refractivity contribution in [3.8, 4) is 5.75 Å². The molecule has 0 aliphatic heterocycles. The predicted octanol–water partition coefficient (Wildman–Crippen LogP) is 4.59. The first kappa shape index (κ1) is 18.8. The number of hydrogen-bond acceptors (Lipinski definition) is 5. The number of para-hydroxylation sites is 1. The Bertz CT molecular complexity index is 892. The number of ether oxygens (including phenoxy) is 1. The minimum Gasteiger partial charge on any atom is -0.494 e. The number of hydrogen-bond donors (Lipinski definition) is 1. The van der Waals surface area contributed by atoms with E-state index >= 15 is 0 Å². The van der Waals surface area contributed by atoms with Gasteiger partial charge in [-0.2, -0.15) is 0 Å². The van der Waals surface area contributed by atoms with Gasteiger partial charge in [-0.25, -0.2) is 0 Å². The van der Waals surface area contributed by atoms with Gasteiger partial charge in [-0.15, -0.1) is 10.2 Å². The molecule has 138 valence electrons. The number of anilines is 1. The van der Waals surface area contributed by atoms with E-state index < -0.39 is 0 Å². The van der Waals surface area contributed by atoms with Crippen LogP contribution in [0.4, 0.5) is 5.13 Å². The highest BCUT2D eigenvalue weighted by molar-refractivity contribution is 7.15. The molecule has 0 unspecified atom stereocenters. The number of carbonyl (C=O) groups is 1. The van der Waals surface area contributed by atoms with Crippen molar-refractivity contribution in [2.75, 3.05) is 11.9 Å². The highest BCUT2D eigenvalue weighted by atomic mass is 32.1. The number of nitrogens with zero attached hydrogens (tertiary/aromatic N) is 2. The molecule has 0 aliphatic rings. The van der Waals surface area contributed by atoms with Crippen molar-refractivity contribution in [1.29, 1.82) is 0 Å². The summed E-state index contributed by atoms with van der Waals surface area (Å²) in [5, 5.41) is 12.4. The maximum Gasteiger partial charge on any atom is 0.253 e. The third-order valence-corrected chi connectivity index (χ3v) is 4.67. The van der Waals surface area contributed by atoms with Crippen LogP contribution in [-0.2, 0) is 11.2 Å². The summed E-state index contributed by atoms with van der Waals surface area (Å²) < 4.78 is 5.67. The second kappa shape index (κ2) is 9.64. The topological polar surface area (TPSA) is 64.1 Å². The van der Waals surface area contributed by atoms with Gasteiger partial charge < -0.3 is 4.74 Å². The normalized spacial score (nSPS) is 11.2. The molecule has 0 aliphatic carbocycles. The summed E-state index contributed by atoms with van der Waals surface area (Å²) in [6.45, 7) is 2.40. The molecule has 0 bridgehead atoms. The number of aromatic nitrogens is 2. The molecule has 3 rings (SSSR count). The average molecular weight is 379 g/mol. The lowest BCUT2D eigenvalue weighted by atomic mass is 10.1. The lowest BCUT2D eigenvalue weighted by Gasteiger charge is -2.04. The molecule has 0 fully saturated rings. The molecule has 0 saturated carbocycles. The van der Waals surface area contributed by atoms with E-state index in [1.54, 1.807) is 6.92 Å². The van der Waals surface area contributed by atoms with Crippen molar-refractivity contribution in [3.05, 3.63) is 76.8 Å². The van der Waals surface area contributed by atoms with Gasteiger partial charge in [0.05, 0.1) is 6.61 Å². The molecular formula is C21H21N3O2S. The molecule has 0 saturated heterocycles. The maximum absolute atomic E-state index is 12.3. The molecule has 0 atom stereocenters. The Morgan fingerprint density at radius 2 is 1.78 bits per heavy atom. The quantitative estimate of drug-likeness (QED) is 0.459. The molecule has 5 nitrogen and oxygen atoms in total. The Morgan fingerprint density at radius 3 is 2.52 bits per heavy atom. The van der Waals surface area contributed by atoms with E-state index in [0.29, 0.717) is 17.3 Å². The Morgan fingerprint density at radius 1 is 1.07 bits per heavy atom. The van der Waals surface area contributed by atoms with Gasteiger partial charge in [0.1, 0.15) is 10.8 Å². The van der Waals surface area contributed by atoms with Gasteiger partial charge in [-0.3, -0.25) is 10.1 Å². The molecule has 0 spiro atoms. The fourth-order valence-corrected chi connectivity index (χ4v) is 3.17. The average Bonchev–Trinajstić information content (AvgIpc) is 3.14. The number of benzene rings is 2. The number of rotatable bonds is 8. The summed E-state index contributed by atoms with van der Waals surface area (Å²) in [5.74, 6) is 0.692. The summed E-state index contributed by atoms with van der Waals surface area (Å²) in [6, 6.07) is 19.5. The lowest BCUT2D eigenvalue weighted by molar-refractivity contribution is -0.112. The van der Waals surface area contributed by atoms with E-state index in [2.05, 4.69) is 15.5 Å². The molecule has 1 aromatic heterocycles. The number of aryl methyl sites for hydroxylation is 1. The third kappa shape index (κ3) is 6.04. The summed E-state index contributed by atoms with van der Waals surface area (Å²) in [5.41, 5.74) is 1.61. The zero-order valence-electron chi connectivity index (χ0n) is 15.1. The van der Waals surface area contributed by atoms with Crippen molar-refractivity contribution in [2.45, 2.75) is 19.8 Å². The third-order valence-electron chi connectivity index (χ3n) is 3.78. The van der Waals surface area contributed by atoms with Crippen LogP contribution in [0.5, 0.6) is 5.75 Å². The van der Waals surface area contributed by atoms with E-state index in [1.807, 2.05) is 66.7 Å². The SMILES string of the molecule is CC(=Cc1ccccc1)C(=O)Nc1nnc(CCCOc2ccccc2)s1. The molecule has 6 heteroatoms. The van der Waals surface area contributed by atoms with Gasteiger partial charge in [0.25, 0.3) is 5.91 Å². The molecule has 2 aromatic carbocycles. The molecule has 0 radical (unpaired) electrons. The van der Waals surface area contributed by atoms with Crippen LogP contribution < -0.4 is 10.1 Å². The van der Waals surface area contributed by atoms with E-state index in [4.69, 9.17) is 4.74 Å². The van der Waals surface area contributed by atoms with E-state index in [0.717, 1.165) is 29.2 Å². The van der Waals surface area contributed by atoms with Crippen molar-refractivity contribution >= 4 is 28.5 Å². The second-order valence-corrected chi connectivity index (χ2v) is 7.02. The highest BCUT2D eigenvalue weighted by Crippen LogP contribution is 2.18. The summed E-state index contributed by atoms with van der Waals surface area (Å²) in [6.07, 6.45) is 3.45. The first-order valence-electron chi connectivity index (χ1n) is 8.75. The van der Waals surface area contributed by atoms with Crippen LogP contribution in [0, 0.1) is 0 Å². The largest absolute Gasteiger partial charge is 0.494 e. The highest BCUT2D eigenvalue weighted by Gasteiger charge is 2.10. The minimum atomic E-state index is -0.172. The van der Waals surface area contributed by atoms with Gasteiger partial charge in [0.15, 0.2) is 0 Å². The summed E-state index contributed by atoms with van der Waals surface area (Å²) in [7, 11) is 0. The molecule has 1 N–H and O–H groups in total. The molecule has 1 amide bonds. The van der Waals surface area contributed by atoms with E-state index in [1.165, 1.54) is 11.3 Å². The number of amides is 1. The fourth-order valence-electron chi connectivity index (χ4n) is 2.40. The van der Waals surface area contributed by atoms with Crippen LogP contribution in [0.2, 0.25) is 0 Å². The van der Waals surface area contributed by atoms with Crippen molar-refractivity contribution in [1.82, 2.24) is 10.2 Å². The van der Waals surface area contributed by atoms with Crippen molar-refractivity contribution in [3.63, 3.8) is 0 Å². The first-order chi connectivity index (χ1) is 13.2. The fraction of sp³-hybridized carbons (Fsp3) is 0.190. The Hall–Kier alpha value is -2.99. The van der Waals surface area contributed by atoms with E-state index in [-0.39, 0.29) is 5.91 Å². The maximum atomic E-state index is 12.3. The standard InChI is InChI=1S/C21H21N3O2S/c1-16(15-17-9-4-2-5-10-17)20(25)22-21-24-23-19(27-21)13-8-14-26-18-11-6-3-7-12-18/h2-7,9-12,15H,8,13-14H2,1H3,(H,22,24,25). The van der Waals surface area contributed by atoms with Gasteiger partial charge >= 0.3 is 0 Å². The van der Waals surface area contributed by atoms with Crippen molar-refractivity contribution in [2.24, 2.45) is 0 Å². The zero-order valence-corrected chi connectivity index (χ0v) is 15.9. The molecular weight excluding hydrogens is 358 g/mol. The van der Waals surface area contributed by atoms with Gasteiger partial charge in [-0.1, -0.05) is 59.9 Å². The summed E-state index contributed by atoms with van der Waals surface area (Å²) >= 11 is 1.39. The minimum absolute atomic E-state index is 0.172. The van der Waals surface area contributed by atoms with Crippen LogP contribution in [0.3, 0.4) is 0 Å². The second-order valence-electron chi connectivity index (χ2n) is 5.96. The molecule has 3 aromatic rings. The Balaban J connectivity index is 1.46. The Kier molecular flexibility index (Phi) is 6.71. The lowest BCUT2D eigenvalue weighted by Crippen LogP contribution is -2.12. The monoisotopic (exact) mass is 379 g/mol. The van der Waals surface area contributed by atoms with Gasteiger partial charge in [0, 0.05) is 12.0 Å². The first-order valence-corrected chi connectivity index (χ1v) is 9.57. The summed E-state index contributed by atoms with van der Waals surface area (Å²) in [4.78, 5) is 12.3. The van der Waals surface area contributed by atoms with Gasteiger partial charge in [0.2, 0.25) is 5.13 Å². The number of carbonyl (C=O) groups excluding carboxylic acids is 1. The molecule has 1 heterocycles.